The van der Waals surface area contributed by atoms with Crippen molar-refractivity contribution in [1.29, 1.82) is 0 Å². The van der Waals surface area contributed by atoms with E-state index in [1.54, 1.807) is 0 Å². The molecule has 0 atom stereocenters. The zero-order valence-electron chi connectivity index (χ0n) is 8.35. The van der Waals surface area contributed by atoms with Gasteiger partial charge in [0.05, 0.1) is 0 Å². The molecule has 0 saturated heterocycles. The minimum Gasteiger partial charge on any atom is -0.0776 e. The predicted molar refractivity (Wildman–Crippen MR) is 58.9 cm³/mol. The largest absolute Gasteiger partial charge is 0.0776 e. The summed E-state index contributed by atoms with van der Waals surface area (Å²) in [6, 6.07) is 0. The van der Waals surface area contributed by atoms with Gasteiger partial charge >= 0.3 is 0 Å². The molecule has 11 heavy (non-hydrogen) atoms. The van der Waals surface area contributed by atoms with Crippen LogP contribution in [0.4, 0.5) is 0 Å². The second kappa shape index (κ2) is 747. The maximum absolute atomic E-state index is 2.00. The van der Waals surface area contributed by atoms with Gasteiger partial charge in [0.1, 0.15) is 0 Å². The van der Waals surface area contributed by atoms with E-state index < -0.39 is 0 Å². The van der Waals surface area contributed by atoms with Crippen LogP contribution in [0.25, 0.3) is 0 Å². The molecule has 0 rings (SSSR count). The SMILES string of the molecule is C.C.CC.CC.CC.CC.[Ar]. The van der Waals surface area contributed by atoms with Gasteiger partial charge < -0.3 is 0 Å². The molecule has 0 aromatic carbocycles. The molecule has 0 nitrogen and oxygen atoms in total. The molecule has 0 aliphatic rings. The maximum atomic E-state index is 2.00. The summed E-state index contributed by atoms with van der Waals surface area (Å²) in [7, 11) is 0. The van der Waals surface area contributed by atoms with Gasteiger partial charge in [-0.1, -0.05) is 70.2 Å². The molecule has 0 radical (unpaired) electrons. The third-order valence-electron chi connectivity index (χ3n) is 0. The Hall–Kier alpha value is 1.26. The summed E-state index contributed by atoms with van der Waals surface area (Å²) in [5, 5.41) is 0. The third kappa shape index (κ3) is 608. The minimum absolute atomic E-state index is 0. The van der Waals surface area contributed by atoms with Crippen molar-refractivity contribution in [3.63, 3.8) is 0 Å². The third-order valence-corrected chi connectivity index (χ3v) is 0. The molecular formula is C10H32Ar. The van der Waals surface area contributed by atoms with Crippen LogP contribution in [0.5, 0.6) is 0 Å². The van der Waals surface area contributed by atoms with Gasteiger partial charge in [0.2, 0.25) is 0 Å². The number of rotatable bonds is 0. The van der Waals surface area contributed by atoms with Crippen LogP contribution in [0.2, 0.25) is 0 Å². The summed E-state index contributed by atoms with van der Waals surface area (Å²) in [6.45, 7) is 16.0. The number of hydrogen-bond acceptors (Lipinski definition) is 0. The van der Waals surface area contributed by atoms with Gasteiger partial charge in [0, 0.05) is 37.7 Å². The zero-order chi connectivity index (χ0) is 8.00. The van der Waals surface area contributed by atoms with Crippen LogP contribution in [0.15, 0.2) is 0 Å². The average molecular weight is 192 g/mol. The first-order valence-corrected chi connectivity index (χ1v) is 4.00. The van der Waals surface area contributed by atoms with Gasteiger partial charge in [0.25, 0.3) is 0 Å². The Morgan fingerprint density at radius 1 is 0.364 bits per heavy atom. The van der Waals surface area contributed by atoms with Crippen molar-refractivity contribution in [2.45, 2.75) is 70.2 Å². The summed E-state index contributed by atoms with van der Waals surface area (Å²) in [5.74, 6) is 0. The molecule has 0 bridgehead atoms. The molecule has 0 fully saturated rings. The van der Waals surface area contributed by atoms with E-state index in [0.717, 1.165) is 0 Å². The van der Waals surface area contributed by atoms with Gasteiger partial charge in [0.15, 0.2) is 0 Å². The minimum atomic E-state index is 0. The van der Waals surface area contributed by atoms with Crippen molar-refractivity contribution in [2.24, 2.45) is 0 Å². The normalized spacial score (nSPS) is 2.18. The molecule has 0 amide bonds. The van der Waals surface area contributed by atoms with Crippen LogP contribution in [0.1, 0.15) is 70.2 Å². The van der Waals surface area contributed by atoms with Gasteiger partial charge in [-0.05, 0) is 0 Å². The molecule has 80 valence electrons. The summed E-state index contributed by atoms with van der Waals surface area (Å²) >= 11 is 0. The van der Waals surface area contributed by atoms with Crippen molar-refractivity contribution >= 4 is 0 Å². The van der Waals surface area contributed by atoms with E-state index in [-0.39, 0.29) is 52.6 Å². The van der Waals surface area contributed by atoms with Crippen molar-refractivity contribution < 1.29 is 37.7 Å². The second-order valence-electron chi connectivity index (χ2n) is 0. The summed E-state index contributed by atoms with van der Waals surface area (Å²) in [5.41, 5.74) is 0. The van der Waals surface area contributed by atoms with Crippen LogP contribution in [0, 0.1) is 37.7 Å². The molecule has 0 N–H and O–H groups in total. The fourth-order valence-electron chi connectivity index (χ4n) is 0. The van der Waals surface area contributed by atoms with E-state index in [9.17, 15) is 0 Å². The molecular weight excluding hydrogens is 160 g/mol. The Bertz CT molecular complexity index is 4.83. The smallest absolute Gasteiger partial charge is 0 e. The fraction of sp³-hybridized carbons (Fsp3) is 1.00. The van der Waals surface area contributed by atoms with Gasteiger partial charge in [-0.15, -0.1) is 0 Å². The van der Waals surface area contributed by atoms with Crippen molar-refractivity contribution in [1.82, 2.24) is 0 Å². The van der Waals surface area contributed by atoms with Crippen LogP contribution in [-0.4, -0.2) is 0 Å². The average Bonchev–Trinajstić information content (AvgIpc) is 2.03. The Labute approximate surface area is 107 Å². The molecule has 0 spiro atoms. The van der Waals surface area contributed by atoms with Gasteiger partial charge in [-0.3, -0.25) is 0 Å². The zero-order valence-corrected chi connectivity index (χ0v) is 9.06. The van der Waals surface area contributed by atoms with Crippen LogP contribution >= 0.6 is 0 Å². The van der Waals surface area contributed by atoms with E-state index in [1.807, 2.05) is 55.4 Å². The van der Waals surface area contributed by atoms with Crippen LogP contribution < -0.4 is 0 Å². The van der Waals surface area contributed by atoms with Crippen molar-refractivity contribution in [3.8, 4) is 0 Å². The van der Waals surface area contributed by atoms with E-state index in [4.69, 9.17) is 0 Å². The summed E-state index contributed by atoms with van der Waals surface area (Å²) < 4.78 is 0. The molecule has 0 heterocycles. The molecule has 0 aliphatic heterocycles. The second-order valence-corrected chi connectivity index (χ2v) is 0. The van der Waals surface area contributed by atoms with Crippen molar-refractivity contribution in [2.75, 3.05) is 0 Å². The quantitative estimate of drug-likeness (QED) is 0.483. The topological polar surface area (TPSA) is 0 Å². The van der Waals surface area contributed by atoms with E-state index >= 15 is 0 Å². The number of hydrogen-bond donors (Lipinski definition) is 0. The monoisotopic (exact) mass is 192 g/mol. The Kier molecular flexibility index (Phi) is 3810. The molecule has 0 aromatic rings. The first-order chi connectivity index (χ1) is 4.00. The molecule has 0 aromatic heterocycles. The summed E-state index contributed by atoms with van der Waals surface area (Å²) in [4.78, 5) is 0. The molecule has 0 saturated carbocycles. The summed E-state index contributed by atoms with van der Waals surface area (Å²) in [6.07, 6.45) is 0. The van der Waals surface area contributed by atoms with Crippen LogP contribution in [-0.2, 0) is 0 Å². The standard InChI is InChI=1S/4C2H6.2CH4.Ar/c4*1-2;;;/h4*1-2H3;2*1H4;. The molecule has 1 heteroatoms. The first-order valence-electron chi connectivity index (χ1n) is 4.00. The first kappa shape index (κ1) is 56.2. The Morgan fingerprint density at radius 3 is 0.364 bits per heavy atom. The molecule has 0 aliphatic carbocycles. The van der Waals surface area contributed by atoms with E-state index in [0.29, 0.717) is 0 Å². The Morgan fingerprint density at radius 2 is 0.364 bits per heavy atom. The van der Waals surface area contributed by atoms with E-state index in [1.165, 1.54) is 0 Å². The Balaban J connectivity index is -0.00000000356. The van der Waals surface area contributed by atoms with Crippen molar-refractivity contribution in [3.05, 3.63) is 0 Å². The van der Waals surface area contributed by atoms with Gasteiger partial charge in [-0.25, -0.2) is 0 Å². The molecule has 0 unspecified atom stereocenters. The van der Waals surface area contributed by atoms with Crippen LogP contribution in [0.3, 0.4) is 0 Å². The van der Waals surface area contributed by atoms with E-state index in [2.05, 4.69) is 0 Å². The predicted octanol–water partition coefficient (Wildman–Crippen LogP) is 5.38. The van der Waals surface area contributed by atoms with Gasteiger partial charge in [-0.2, -0.15) is 0 Å². The maximum Gasteiger partial charge on any atom is 0 e. The fourth-order valence-corrected chi connectivity index (χ4v) is 0.